The maximum Gasteiger partial charge on any atom is 0.0213 e. The molecule has 1 nitrogen and oxygen atoms in total. The molecule has 1 aromatic rings. The van der Waals surface area contributed by atoms with Crippen molar-refractivity contribution in [2.24, 2.45) is 0 Å². The molecule has 0 aliphatic rings. The largest absolute Gasteiger partial charge is 0.312 e. The Morgan fingerprint density at radius 3 is 3.08 bits per heavy atom. The van der Waals surface area contributed by atoms with Gasteiger partial charge in [-0.3, -0.25) is 0 Å². The molecule has 0 atom stereocenters. The van der Waals surface area contributed by atoms with Gasteiger partial charge in [0.1, 0.15) is 0 Å². The molecule has 0 amide bonds. The summed E-state index contributed by atoms with van der Waals surface area (Å²) in [5, 5.41) is 7.65. The third-order valence-electron chi connectivity index (χ3n) is 1.64. The molecular weight excluding hydrogens is 166 g/mol. The Kier molecular flexibility index (Phi) is 4.05. The lowest BCUT2D eigenvalue weighted by Crippen LogP contribution is -2.14. The fourth-order valence-electron chi connectivity index (χ4n) is 0.928. The van der Waals surface area contributed by atoms with Gasteiger partial charge in [0.25, 0.3) is 0 Å². The van der Waals surface area contributed by atoms with Crippen LogP contribution in [0.25, 0.3) is 0 Å². The number of nitrogens with one attached hydrogen (secondary N) is 1. The topological polar surface area (TPSA) is 12.0 Å². The Balaban J connectivity index is 2.07. The van der Waals surface area contributed by atoms with Crippen molar-refractivity contribution in [3.8, 4) is 0 Å². The summed E-state index contributed by atoms with van der Waals surface area (Å²) >= 11 is 1.75. The number of hydrogen-bond acceptors (Lipinski definition) is 2. The van der Waals surface area contributed by atoms with Crippen LogP contribution in [0.5, 0.6) is 0 Å². The minimum absolute atomic E-state index is 0.983. The Labute approximate surface area is 78.1 Å². The second-order valence-corrected chi connectivity index (χ2v) is 3.80. The summed E-state index contributed by atoms with van der Waals surface area (Å²) in [4.78, 5) is 0. The van der Waals surface area contributed by atoms with E-state index in [2.05, 4.69) is 35.6 Å². The highest BCUT2D eigenvalue weighted by molar-refractivity contribution is 7.07. The molecule has 0 aliphatic heterocycles. The number of rotatable bonds is 5. The summed E-state index contributed by atoms with van der Waals surface area (Å²) in [6.45, 7) is 7.93. The SMILES string of the molecule is C=C(C)CCNCc1ccsc1. The number of hydrogen-bond donors (Lipinski definition) is 1. The van der Waals surface area contributed by atoms with Crippen molar-refractivity contribution < 1.29 is 0 Å². The van der Waals surface area contributed by atoms with Crippen LogP contribution < -0.4 is 5.32 Å². The molecule has 1 aromatic heterocycles. The zero-order valence-electron chi connectivity index (χ0n) is 7.47. The summed E-state index contributed by atoms with van der Waals surface area (Å²) < 4.78 is 0. The first kappa shape index (κ1) is 9.49. The predicted octanol–water partition coefficient (Wildman–Crippen LogP) is 2.80. The van der Waals surface area contributed by atoms with Crippen LogP contribution in [0.1, 0.15) is 18.9 Å². The van der Waals surface area contributed by atoms with Crippen LogP contribution in [0.3, 0.4) is 0 Å². The molecule has 0 spiro atoms. The van der Waals surface area contributed by atoms with Crippen molar-refractivity contribution in [3.63, 3.8) is 0 Å². The number of thiophene rings is 1. The molecule has 12 heavy (non-hydrogen) atoms. The van der Waals surface area contributed by atoms with Gasteiger partial charge in [0.15, 0.2) is 0 Å². The lowest BCUT2D eigenvalue weighted by atomic mass is 10.2. The van der Waals surface area contributed by atoms with E-state index in [9.17, 15) is 0 Å². The average molecular weight is 181 g/mol. The van der Waals surface area contributed by atoms with Crippen LogP contribution in [-0.4, -0.2) is 6.54 Å². The third kappa shape index (κ3) is 3.69. The van der Waals surface area contributed by atoms with Crippen molar-refractivity contribution >= 4 is 11.3 Å². The molecule has 0 saturated carbocycles. The first-order valence-electron chi connectivity index (χ1n) is 4.15. The second-order valence-electron chi connectivity index (χ2n) is 3.02. The second kappa shape index (κ2) is 5.12. The van der Waals surface area contributed by atoms with Crippen molar-refractivity contribution in [3.05, 3.63) is 34.5 Å². The Hall–Kier alpha value is -0.600. The maximum atomic E-state index is 3.85. The fraction of sp³-hybridized carbons (Fsp3) is 0.400. The molecule has 0 unspecified atom stereocenters. The summed E-state index contributed by atoms with van der Waals surface area (Å²) in [6.07, 6.45) is 1.07. The van der Waals surface area contributed by atoms with Gasteiger partial charge in [-0.15, -0.1) is 6.58 Å². The Bertz CT molecular complexity index is 226. The molecule has 0 fully saturated rings. The van der Waals surface area contributed by atoms with E-state index in [0.717, 1.165) is 19.5 Å². The molecule has 0 aliphatic carbocycles. The standard InChI is InChI=1S/C10H15NS/c1-9(2)3-5-11-7-10-4-6-12-8-10/h4,6,8,11H,1,3,5,7H2,2H3. The Morgan fingerprint density at radius 1 is 1.67 bits per heavy atom. The van der Waals surface area contributed by atoms with E-state index in [1.54, 1.807) is 11.3 Å². The van der Waals surface area contributed by atoms with Gasteiger partial charge in [0.05, 0.1) is 0 Å². The monoisotopic (exact) mass is 181 g/mol. The predicted molar refractivity (Wildman–Crippen MR) is 55.5 cm³/mol. The minimum Gasteiger partial charge on any atom is -0.312 e. The lowest BCUT2D eigenvalue weighted by molar-refractivity contribution is 0.686. The van der Waals surface area contributed by atoms with Gasteiger partial charge in [0, 0.05) is 6.54 Å². The Morgan fingerprint density at radius 2 is 2.50 bits per heavy atom. The first-order chi connectivity index (χ1) is 5.79. The summed E-state index contributed by atoms with van der Waals surface area (Å²) in [5.41, 5.74) is 2.62. The van der Waals surface area contributed by atoms with Crippen LogP contribution in [-0.2, 0) is 6.54 Å². The maximum absolute atomic E-state index is 3.85. The molecule has 0 radical (unpaired) electrons. The normalized spacial score (nSPS) is 10.1. The van der Waals surface area contributed by atoms with Gasteiger partial charge >= 0.3 is 0 Å². The van der Waals surface area contributed by atoms with E-state index in [0.29, 0.717) is 0 Å². The van der Waals surface area contributed by atoms with E-state index in [1.807, 2.05) is 0 Å². The lowest BCUT2D eigenvalue weighted by Gasteiger charge is -2.01. The molecule has 1 N–H and O–H groups in total. The van der Waals surface area contributed by atoms with Gasteiger partial charge < -0.3 is 5.32 Å². The van der Waals surface area contributed by atoms with Crippen LogP contribution >= 0.6 is 11.3 Å². The quantitative estimate of drug-likeness (QED) is 0.544. The molecule has 0 saturated heterocycles. The van der Waals surface area contributed by atoms with Crippen molar-refractivity contribution in [1.82, 2.24) is 5.32 Å². The van der Waals surface area contributed by atoms with Crippen molar-refractivity contribution in [2.75, 3.05) is 6.54 Å². The fourth-order valence-corrected chi connectivity index (χ4v) is 1.60. The van der Waals surface area contributed by atoms with E-state index >= 15 is 0 Å². The minimum atomic E-state index is 0.983. The highest BCUT2D eigenvalue weighted by Crippen LogP contribution is 2.04. The summed E-state index contributed by atoms with van der Waals surface area (Å²) in [6, 6.07) is 2.15. The average Bonchev–Trinajstić information content (AvgIpc) is 2.49. The van der Waals surface area contributed by atoms with Gasteiger partial charge in [-0.1, -0.05) is 5.57 Å². The highest BCUT2D eigenvalue weighted by atomic mass is 32.1. The zero-order valence-corrected chi connectivity index (χ0v) is 8.29. The van der Waals surface area contributed by atoms with E-state index in [-0.39, 0.29) is 0 Å². The molecule has 0 bridgehead atoms. The first-order valence-corrected chi connectivity index (χ1v) is 5.09. The van der Waals surface area contributed by atoms with Gasteiger partial charge in [0.2, 0.25) is 0 Å². The van der Waals surface area contributed by atoms with Crippen LogP contribution in [0.2, 0.25) is 0 Å². The van der Waals surface area contributed by atoms with Crippen LogP contribution in [0, 0.1) is 0 Å². The van der Waals surface area contributed by atoms with Crippen molar-refractivity contribution in [1.29, 1.82) is 0 Å². The zero-order chi connectivity index (χ0) is 8.81. The molecule has 66 valence electrons. The van der Waals surface area contributed by atoms with Crippen molar-refractivity contribution in [2.45, 2.75) is 19.9 Å². The molecule has 1 heterocycles. The van der Waals surface area contributed by atoms with Gasteiger partial charge in [-0.25, -0.2) is 0 Å². The highest BCUT2D eigenvalue weighted by Gasteiger charge is 1.91. The van der Waals surface area contributed by atoms with Crippen LogP contribution in [0.15, 0.2) is 29.0 Å². The van der Waals surface area contributed by atoms with E-state index in [4.69, 9.17) is 0 Å². The molecule has 0 aromatic carbocycles. The smallest absolute Gasteiger partial charge is 0.0213 e. The van der Waals surface area contributed by atoms with Gasteiger partial charge in [-0.2, -0.15) is 11.3 Å². The summed E-state index contributed by atoms with van der Waals surface area (Å²) in [7, 11) is 0. The van der Waals surface area contributed by atoms with Gasteiger partial charge in [-0.05, 0) is 42.3 Å². The van der Waals surface area contributed by atoms with E-state index < -0.39 is 0 Å². The van der Waals surface area contributed by atoms with E-state index in [1.165, 1.54) is 11.1 Å². The molecular formula is C10H15NS. The molecule has 2 heteroatoms. The van der Waals surface area contributed by atoms with Crippen LogP contribution in [0.4, 0.5) is 0 Å². The molecule has 1 rings (SSSR count). The summed E-state index contributed by atoms with van der Waals surface area (Å²) in [5.74, 6) is 0. The third-order valence-corrected chi connectivity index (χ3v) is 2.37.